The molecule has 1 aliphatic rings. The lowest BCUT2D eigenvalue weighted by Gasteiger charge is -2.34. The van der Waals surface area contributed by atoms with E-state index in [0.29, 0.717) is 0 Å². The maximum absolute atomic E-state index is 12.5. The van der Waals surface area contributed by atoms with Crippen molar-refractivity contribution in [3.05, 3.63) is 58.6 Å². The zero-order valence-corrected chi connectivity index (χ0v) is 17.2. The van der Waals surface area contributed by atoms with Crippen molar-refractivity contribution in [3.63, 3.8) is 0 Å². The molecule has 6 heteroatoms. The van der Waals surface area contributed by atoms with Crippen LogP contribution in [0.4, 0.5) is 0 Å². The minimum absolute atomic E-state index is 0.0561. The van der Waals surface area contributed by atoms with E-state index in [2.05, 4.69) is 29.2 Å². The fraction of sp³-hybridized carbons (Fsp3) is 0.364. The van der Waals surface area contributed by atoms with Crippen molar-refractivity contribution in [3.8, 4) is 5.75 Å². The summed E-state index contributed by atoms with van der Waals surface area (Å²) in [6.45, 7) is 8.18. The first-order valence-corrected chi connectivity index (χ1v) is 10.4. The number of ether oxygens (including phenoxy) is 1. The van der Waals surface area contributed by atoms with Gasteiger partial charge in [-0.1, -0.05) is 24.3 Å². The molecular weight excluding hydrogens is 370 g/mol. The second kappa shape index (κ2) is 8.29. The molecule has 0 bridgehead atoms. The minimum Gasteiger partial charge on any atom is -0.483 e. The molecule has 1 fully saturated rings. The molecule has 1 aliphatic heterocycles. The average molecular weight is 396 g/mol. The molecule has 146 valence electrons. The molecule has 0 atom stereocenters. The molecule has 2 aromatic carbocycles. The van der Waals surface area contributed by atoms with Gasteiger partial charge < -0.3 is 9.64 Å². The van der Waals surface area contributed by atoms with Gasteiger partial charge in [0, 0.05) is 26.2 Å². The highest BCUT2D eigenvalue weighted by atomic mass is 32.1. The zero-order valence-electron chi connectivity index (χ0n) is 16.4. The highest BCUT2D eigenvalue weighted by molar-refractivity contribution is 7.18. The van der Waals surface area contributed by atoms with Gasteiger partial charge in [-0.15, -0.1) is 11.3 Å². The quantitative estimate of drug-likeness (QED) is 0.662. The summed E-state index contributed by atoms with van der Waals surface area (Å²) in [6, 6.07) is 14.3. The normalized spacial score (nSPS) is 15.1. The molecule has 0 spiro atoms. The summed E-state index contributed by atoms with van der Waals surface area (Å²) < 4.78 is 7.01. The SMILES string of the molecule is Cc1ccc(C)c(OCC(=O)N2CCN(Cc3nc4ccccc4s3)CC2)c1. The second-order valence-corrected chi connectivity index (χ2v) is 8.41. The molecule has 1 amide bonds. The van der Waals surface area contributed by atoms with Gasteiger partial charge in [0.05, 0.1) is 16.8 Å². The molecule has 0 unspecified atom stereocenters. The van der Waals surface area contributed by atoms with E-state index in [1.807, 2.05) is 36.9 Å². The Morgan fingerprint density at radius 2 is 1.89 bits per heavy atom. The predicted molar refractivity (Wildman–Crippen MR) is 113 cm³/mol. The van der Waals surface area contributed by atoms with E-state index in [1.54, 1.807) is 11.3 Å². The summed E-state index contributed by atoms with van der Waals surface area (Å²) in [4.78, 5) is 21.5. The molecule has 3 aromatic rings. The van der Waals surface area contributed by atoms with Crippen LogP contribution in [0.15, 0.2) is 42.5 Å². The van der Waals surface area contributed by atoms with E-state index >= 15 is 0 Å². The molecule has 28 heavy (non-hydrogen) atoms. The molecule has 0 N–H and O–H groups in total. The Balaban J connectivity index is 1.27. The molecule has 0 radical (unpaired) electrons. The summed E-state index contributed by atoms with van der Waals surface area (Å²) in [6.07, 6.45) is 0. The van der Waals surface area contributed by atoms with E-state index < -0.39 is 0 Å². The van der Waals surface area contributed by atoms with Crippen LogP contribution in [0.25, 0.3) is 10.2 Å². The van der Waals surface area contributed by atoms with E-state index in [1.165, 1.54) is 4.70 Å². The van der Waals surface area contributed by atoms with Crippen LogP contribution in [0.1, 0.15) is 16.1 Å². The number of rotatable bonds is 5. The first kappa shape index (κ1) is 18.9. The van der Waals surface area contributed by atoms with Crippen LogP contribution in [-0.2, 0) is 11.3 Å². The maximum atomic E-state index is 12.5. The van der Waals surface area contributed by atoms with E-state index in [4.69, 9.17) is 9.72 Å². The van der Waals surface area contributed by atoms with Crippen molar-refractivity contribution < 1.29 is 9.53 Å². The summed E-state index contributed by atoms with van der Waals surface area (Å²) in [5.41, 5.74) is 3.26. The third kappa shape index (κ3) is 4.34. The summed E-state index contributed by atoms with van der Waals surface area (Å²) >= 11 is 1.75. The number of carbonyl (C=O) groups is 1. The Kier molecular flexibility index (Phi) is 5.59. The smallest absolute Gasteiger partial charge is 0.260 e. The lowest BCUT2D eigenvalue weighted by atomic mass is 10.1. The second-order valence-electron chi connectivity index (χ2n) is 7.29. The Morgan fingerprint density at radius 1 is 1.11 bits per heavy atom. The number of carbonyl (C=O) groups excluding carboxylic acids is 1. The van der Waals surface area contributed by atoms with Gasteiger partial charge in [-0.25, -0.2) is 4.98 Å². The van der Waals surface area contributed by atoms with Crippen molar-refractivity contribution in [2.45, 2.75) is 20.4 Å². The first-order valence-electron chi connectivity index (χ1n) is 9.63. The van der Waals surface area contributed by atoms with Gasteiger partial charge in [0.15, 0.2) is 6.61 Å². The summed E-state index contributed by atoms with van der Waals surface area (Å²) in [5, 5.41) is 1.14. The predicted octanol–water partition coefficient (Wildman–Crippen LogP) is 3.64. The van der Waals surface area contributed by atoms with Crippen molar-refractivity contribution in [1.29, 1.82) is 0 Å². The average Bonchev–Trinajstić information content (AvgIpc) is 3.11. The largest absolute Gasteiger partial charge is 0.483 e. The number of nitrogens with zero attached hydrogens (tertiary/aromatic N) is 3. The monoisotopic (exact) mass is 395 g/mol. The Morgan fingerprint density at radius 3 is 2.68 bits per heavy atom. The number of benzene rings is 2. The third-order valence-corrected chi connectivity index (χ3v) is 6.14. The lowest BCUT2D eigenvalue weighted by Crippen LogP contribution is -2.49. The fourth-order valence-corrected chi connectivity index (χ4v) is 4.44. The van der Waals surface area contributed by atoms with Gasteiger partial charge in [-0.2, -0.15) is 0 Å². The Hall–Kier alpha value is -2.44. The van der Waals surface area contributed by atoms with E-state index in [9.17, 15) is 4.79 Å². The highest BCUT2D eigenvalue weighted by Crippen LogP contribution is 2.23. The number of amides is 1. The van der Waals surface area contributed by atoms with Gasteiger partial charge in [0.2, 0.25) is 0 Å². The van der Waals surface area contributed by atoms with Crippen LogP contribution < -0.4 is 4.74 Å². The topological polar surface area (TPSA) is 45.7 Å². The van der Waals surface area contributed by atoms with Crippen LogP contribution in [0.5, 0.6) is 5.75 Å². The van der Waals surface area contributed by atoms with Gasteiger partial charge in [0.1, 0.15) is 10.8 Å². The van der Waals surface area contributed by atoms with Crippen LogP contribution in [-0.4, -0.2) is 53.5 Å². The summed E-state index contributed by atoms with van der Waals surface area (Å²) in [5.74, 6) is 0.850. The molecule has 4 rings (SSSR count). The Labute approximate surface area is 169 Å². The molecule has 1 aromatic heterocycles. The number of hydrogen-bond acceptors (Lipinski definition) is 5. The fourth-order valence-electron chi connectivity index (χ4n) is 3.43. The number of para-hydroxylation sites is 1. The standard InChI is InChI=1S/C22H25N3O2S/c1-16-7-8-17(2)19(13-16)27-15-22(26)25-11-9-24(10-12-25)14-21-23-18-5-3-4-6-20(18)28-21/h3-8,13H,9-12,14-15H2,1-2H3. The van der Waals surface area contributed by atoms with Gasteiger partial charge >= 0.3 is 0 Å². The van der Waals surface area contributed by atoms with E-state index in [-0.39, 0.29) is 12.5 Å². The van der Waals surface area contributed by atoms with Crippen LogP contribution in [0.2, 0.25) is 0 Å². The molecule has 0 saturated carbocycles. The Bertz CT molecular complexity index is 944. The lowest BCUT2D eigenvalue weighted by molar-refractivity contribution is -0.135. The number of aromatic nitrogens is 1. The highest BCUT2D eigenvalue weighted by Gasteiger charge is 2.22. The third-order valence-electron chi connectivity index (χ3n) is 5.12. The molecule has 1 saturated heterocycles. The number of aryl methyl sites for hydroxylation is 2. The molecular formula is C22H25N3O2S. The number of fused-ring (bicyclic) bond motifs is 1. The van der Waals surface area contributed by atoms with Crippen molar-refractivity contribution in [2.24, 2.45) is 0 Å². The van der Waals surface area contributed by atoms with Gasteiger partial charge in [0.25, 0.3) is 5.91 Å². The van der Waals surface area contributed by atoms with Crippen molar-refractivity contribution in [2.75, 3.05) is 32.8 Å². The van der Waals surface area contributed by atoms with Gasteiger partial charge in [-0.05, 0) is 43.2 Å². The van der Waals surface area contributed by atoms with Crippen LogP contribution in [0, 0.1) is 13.8 Å². The number of piperazine rings is 1. The summed E-state index contributed by atoms with van der Waals surface area (Å²) in [7, 11) is 0. The number of hydrogen-bond donors (Lipinski definition) is 0. The van der Waals surface area contributed by atoms with Crippen LogP contribution >= 0.6 is 11.3 Å². The van der Waals surface area contributed by atoms with E-state index in [0.717, 1.165) is 60.1 Å². The zero-order chi connectivity index (χ0) is 19.5. The number of thiazole rings is 1. The molecule has 0 aliphatic carbocycles. The van der Waals surface area contributed by atoms with Crippen molar-refractivity contribution in [1.82, 2.24) is 14.8 Å². The molecule has 2 heterocycles. The molecule has 5 nitrogen and oxygen atoms in total. The van der Waals surface area contributed by atoms with Gasteiger partial charge in [-0.3, -0.25) is 9.69 Å². The first-order chi connectivity index (χ1) is 13.6. The van der Waals surface area contributed by atoms with Crippen molar-refractivity contribution >= 4 is 27.5 Å². The minimum atomic E-state index is 0.0561. The maximum Gasteiger partial charge on any atom is 0.260 e. The van der Waals surface area contributed by atoms with Crippen LogP contribution in [0.3, 0.4) is 0 Å².